The second-order valence-electron chi connectivity index (χ2n) is 8.40. The minimum atomic E-state index is -1.14. The Kier molecular flexibility index (Phi) is 5.65. The van der Waals surface area contributed by atoms with Crippen LogP contribution in [0, 0.1) is 19.7 Å². The van der Waals surface area contributed by atoms with Crippen molar-refractivity contribution in [2.45, 2.75) is 25.2 Å². The van der Waals surface area contributed by atoms with Crippen LogP contribution in [0.15, 0.2) is 47.4 Å². The molecule has 3 heterocycles. The van der Waals surface area contributed by atoms with E-state index in [4.69, 9.17) is 9.97 Å². The standard InChI is InChI=1S/C24H26FN5OS/c1-16-12-17(2)14-20(13-16)29-7-9-30(10-8-29)24-27-21-6-11-32(31)22(21)23(28-24)26-19-5-3-4-18(25)15-19/h3-5,12-15H,6-11H2,1-2H3,(H,26,27,28). The van der Waals surface area contributed by atoms with Crippen LogP contribution in [0.3, 0.4) is 0 Å². The van der Waals surface area contributed by atoms with E-state index in [1.54, 1.807) is 12.1 Å². The largest absolute Gasteiger partial charge is 0.611 e. The lowest BCUT2D eigenvalue weighted by Crippen LogP contribution is -2.47. The summed E-state index contributed by atoms with van der Waals surface area (Å²) in [5, 5.41) is 3.18. The number of rotatable bonds is 4. The highest BCUT2D eigenvalue weighted by Gasteiger charge is 2.33. The van der Waals surface area contributed by atoms with E-state index in [9.17, 15) is 8.94 Å². The first kappa shape index (κ1) is 21.0. The molecule has 1 unspecified atom stereocenters. The summed E-state index contributed by atoms with van der Waals surface area (Å²) in [6.07, 6.45) is 0.665. The number of piperazine rings is 1. The molecule has 0 saturated carbocycles. The lowest BCUT2D eigenvalue weighted by atomic mass is 10.1. The number of fused-ring (bicyclic) bond motifs is 1. The van der Waals surface area contributed by atoms with Crippen molar-refractivity contribution in [3.8, 4) is 0 Å². The number of anilines is 4. The first-order valence-corrected chi connectivity index (χ1v) is 12.2. The van der Waals surface area contributed by atoms with Crippen LogP contribution in [0.4, 0.5) is 27.5 Å². The molecule has 1 saturated heterocycles. The van der Waals surface area contributed by atoms with Gasteiger partial charge in [0.1, 0.15) is 17.3 Å². The Morgan fingerprint density at radius 3 is 2.41 bits per heavy atom. The lowest BCUT2D eigenvalue weighted by molar-refractivity contribution is 0.598. The maximum atomic E-state index is 13.7. The van der Waals surface area contributed by atoms with Crippen LogP contribution >= 0.6 is 0 Å². The maximum Gasteiger partial charge on any atom is 0.228 e. The Morgan fingerprint density at radius 2 is 1.69 bits per heavy atom. The Labute approximate surface area is 190 Å². The van der Waals surface area contributed by atoms with Gasteiger partial charge in [0.2, 0.25) is 10.8 Å². The van der Waals surface area contributed by atoms with Gasteiger partial charge in [0.15, 0.2) is 5.82 Å². The predicted molar refractivity (Wildman–Crippen MR) is 127 cm³/mol. The number of halogens is 1. The van der Waals surface area contributed by atoms with E-state index in [0.717, 1.165) is 31.9 Å². The summed E-state index contributed by atoms with van der Waals surface area (Å²) in [5.74, 6) is 1.38. The van der Waals surface area contributed by atoms with Crippen LogP contribution in [-0.2, 0) is 17.6 Å². The minimum absolute atomic E-state index is 0.329. The molecule has 1 atom stereocenters. The molecule has 1 aromatic heterocycles. The minimum Gasteiger partial charge on any atom is -0.611 e. The lowest BCUT2D eigenvalue weighted by Gasteiger charge is -2.36. The van der Waals surface area contributed by atoms with Crippen molar-refractivity contribution in [1.82, 2.24) is 9.97 Å². The monoisotopic (exact) mass is 451 g/mol. The van der Waals surface area contributed by atoms with Crippen LogP contribution in [0.5, 0.6) is 0 Å². The molecule has 0 bridgehead atoms. The SMILES string of the molecule is Cc1cc(C)cc(N2CCN(c3nc4c(c(Nc5cccc(F)c5)n3)[S+]([O-])CC4)CC2)c1. The Hall–Kier alpha value is -2.84. The molecule has 2 aromatic carbocycles. The third kappa shape index (κ3) is 4.25. The first-order valence-electron chi connectivity index (χ1n) is 10.9. The van der Waals surface area contributed by atoms with Crippen molar-refractivity contribution in [3.63, 3.8) is 0 Å². The Morgan fingerprint density at radius 1 is 0.969 bits per heavy atom. The van der Waals surface area contributed by atoms with E-state index in [1.807, 2.05) is 0 Å². The van der Waals surface area contributed by atoms with Gasteiger partial charge in [-0.25, -0.2) is 9.37 Å². The molecular weight excluding hydrogens is 425 g/mol. The third-order valence-corrected chi connectivity index (χ3v) is 7.36. The van der Waals surface area contributed by atoms with Gasteiger partial charge in [0.25, 0.3) is 0 Å². The van der Waals surface area contributed by atoms with Crippen molar-refractivity contribution in [2.24, 2.45) is 0 Å². The number of aromatic nitrogens is 2. The van der Waals surface area contributed by atoms with E-state index in [0.29, 0.717) is 34.5 Å². The van der Waals surface area contributed by atoms with Gasteiger partial charge in [-0.1, -0.05) is 12.1 Å². The van der Waals surface area contributed by atoms with Gasteiger partial charge < -0.3 is 19.7 Å². The van der Waals surface area contributed by atoms with E-state index >= 15 is 0 Å². The highest BCUT2D eigenvalue weighted by Crippen LogP contribution is 2.34. The zero-order valence-electron chi connectivity index (χ0n) is 18.3. The fourth-order valence-corrected chi connectivity index (χ4v) is 5.72. The van der Waals surface area contributed by atoms with Crippen LogP contribution in [0.25, 0.3) is 0 Å². The number of aryl methyl sites for hydroxylation is 3. The molecule has 0 amide bonds. The fourth-order valence-electron chi connectivity index (χ4n) is 4.41. The normalized spacial score (nSPS) is 18.1. The van der Waals surface area contributed by atoms with E-state index < -0.39 is 11.2 Å². The molecule has 3 aromatic rings. The summed E-state index contributed by atoms with van der Waals surface area (Å²) in [6.45, 7) is 7.61. The number of benzene rings is 2. The zero-order chi connectivity index (χ0) is 22.2. The zero-order valence-corrected chi connectivity index (χ0v) is 19.1. The van der Waals surface area contributed by atoms with Gasteiger partial charge in [-0.3, -0.25) is 0 Å². The summed E-state index contributed by atoms with van der Waals surface area (Å²) in [4.78, 5) is 14.7. The van der Waals surface area contributed by atoms with Crippen molar-refractivity contribution in [1.29, 1.82) is 0 Å². The van der Waals surface area contributed by atoms with E-state index in [-0.39, 0.29) is 5.82 Å². The summed E-state index contributed by atoms with van der Waals surface area (Å²) >= 11 is -1.14. The molecule has 2 aliphatic heterocycles. The summed E-state index contributed by atoms with van der Waals surface area (Å²) in [5.41, 5.74) is 5.20. The molecule has 0 radical (unpaired) electrons. The predicted octanol–water partition coefficient (Wildman–Crippen LogP) is 3.97. The average Bonchev–Trinajstić information content (AvgIpc) is 3.14. The van der Waals surface area contributed by atoms with E-state index in [2.05, 4.69) is 47.2 Å². The topological polar surface area (TPSA) is 67.3 Å². The molecule has 0 aliphatic carbocycles. The number of hydrogen-bond donors (Lipinski definition) is 1. The second-order valence-corrected chi connectivity index (χ2v) is 9.91. The third-order valence-electron chi connectivity index (χ3n) is 5.90. The van der Waals surface area contributed by atoms with Crippen LogP contribution in [0.1, 0.15) is 16.8 Å². The average molecular weight is 452 g/mol. The van der Waals surface area contributed by atoms with Gasteiger partial charge in [0.05, 0.1) is 0 Å². The van der Waals surface area contributed by atoms with Crippen LogP contribution in [-0.4, -0.2) is 46.5 Å². The first-order chi connectivity index (χ1) is 15.5. The summed E-state index contributed by atoms with van der Waals surface area (Å²) in [7, 11) is 0. The molecular formula is C24H26FN5OS. The summed E-state index contributed by atoms with van der Waals surface area (Å²) in [6, 6.07) is 12.9. The van der Waals surface area contributed by atoms with Crippen molar-refractivity contribution in [2.75, 3.05) is 47.0 Å². The molecule has 5 rings (SSSR count). The fraction of sp³-hybridized carbons (Fsp3) is 0.333. The molecule has 1 fully saturated rings. The van der Waals surface area contributed by atoms with Gasteiger partial charge >= 0.3 is 0 Å². The highest BCUT2D eigenvalue weighted by molar-refractivity contribution is 7.91. The van der Waals surface area contributed by atoms with Gasteiger partial charge in [0, 0.05) is 44.0 Å². The second kappa shape index (κ2) is 8.60. The smallest absolute Gasteiger partial charge is 0.228 e. The molecule has 166 valence electrons. The number of nitrogens with zero attached hydrogens (tertiary/aromatic N) is 4. The van der Waals surface area contributed by atoms with Crippen LogP contribution in [0.2, 0.25) is 0 Å². The van der Waals surface area contributed by atoms with Gasteiger partial charge in [-0.2, -0.15) is 4.98 Å². The van der Waals surface area contributed by atoms with E-state index in [1.165, 1.54) is 28.9 Å². The van der Waals surface area contributed by atoms with Crippen LogP contribution < -0.4 is 15.1 Å². The number of nitrogens with one attached hydrogen (secondary N) is 1. The maximum absolute atomic E-state index is 13.7. The van der Waals surface area contributed by atoms with Crippen molar-refractivity contribution < 1.29 is 8.94 Å². The van der Waals surface area contributed by atoms with Crippen molar-refractivity contribution in [3.05, 3.63) is 65.1 Å². The summed E-state index contributed by atoms with van der Waals surface area (Å²) < 4.78 is 26.3. The van der Waals surface area contributed by atoms with Gasteiger partial charge in [-0.05, 0) is 66.5 Å². The Bertz CT molecular complexity index is 1130. The van der Waals surface area contributed by atoms with Crippen molar-refractivity contribution >= 4 is 34.3 Å². The molecule has 2 aliphatic rings. The molecule has 32 heavy (non-hydrogen) atoms. The Balaban J connectivity index is 1.38. The highest BCUT2D eigenvalue weighted by atomic mass is 32.2. The molecule has 1 N–H and O–H groups in total. The number of hydrogen-bond acceptors (Lipinski definition) is 6. The quantitative estimate of drug-likeness (QED) is 0.606. The molecule has 6 nitrogen and oxygen atoms in total. The molecule has 0 spiro atoms. The molecule has 8 heteroatoms. The van der Waals surface area contributed by atoms with Gasteiger partial charge in [-0.15, -0.1) is 0 Å².